The average Bonchev–Trinajstić information content (AvgIpc) is 2.89. The first kappa shape index (κ1) is 17.9. The van der Waals surface area contributed by atoms with Gasteiger partial charge in [0, 0.05) is 12.1 Å². The molecule has 1 aromatic rings. The Morgan fingerprint density at radius 1 is 1.32 bits per heavy atom. The molecule has 3 rings (SSSR count). The summed E-state index contributed by atoms with van der Waals surface area (Å²) < 4.78 is 41.1. The van der Waals surface area contributed by atoms with Gasteiger partial charge in [-0.3, -0.25) is 4.79 Å². The van der Waals surface area contributed by atoms with Gasteiger partial charge in [-0.05, 0) is 30.7 Å². The zero-order chi connectivity index (χ0) is 18.2. The maximum atomic E-state index is 13.7. The van der Waals surface area contributed by atoms with E-state index in [1.807, 2.05) is 6.07 Å². The first-order valence-electron chi connectivity index (χ1n) is 8.49. The molecular weight excluding hydrogens is 333 g/mol. The fourth-order valence-corrected chi connectivity index (χ4v) is 3.75. The van der Waals surface area contributed by atoms with Gasteiger partial charge in [0.15, 0.2) is 0 Å². The Morgan fingerprint density at radius 3 is 2.64 bits per heavy atom. The SMILES string of the molecule is C[C@@H]1CCC[C@H]2C1=NN(C(=O)CCc1ccccc1)[C@@]2(O)C(F)(F)F. The van der Waals surface area contributed by atoms with Crippen LogP contribution in [0.25, 0.3) is 0 Å². The number of carbonyl (C=O) groups is 1. The molecule has 0 bridgehead atoms. The Bertz CT molecular complexity index is 675. The number of amides is 1. The molecule has 4 nitrogen and oxygen atoms in total. The van der Waals surface area contributed by atoms with Gasteiger partial charge in [-0.15, -0.1) is 0 Å². The number of hydrogen-bond acceptors (Lipinski definition) is 3. The standard InChI is InChI=1S/C18H21F3N2O2/c1-12-6-5-9-14-16(12)22-23(17(14,25)18(19,20)21)15(24)11-10-13-7-3-2-4-8-13/h2-4,7-8,12,14,25H,5-6,9-11H2,1H3/t12-,14+,17+/m1/s1. The summed E-state index contributed by atoms with van der Waals surface area (Å²) in [6.07, 6.45) is -3.32. The molecule has 0 aromatic heterocycles. The monoisotopic (exact) mass is 354 g/mol. The molecule has 1 aliphatic carbocycles. The molecule has 1 amide bonds. The van der Waals surface area contributed by atoms with Crippen molar-refractivity contribution in [3.05, 3.63) is 35.9 Å². The van der Waals surface area contributed by atoms with Crippen molar-refractivity contribution in [3.63, 3.8) is 0 Å². The highest BCUT2D eigenvalue weighted by Gasteiger charge is 2.68. The van der Waals surface area contributed by atoms with E-state index < -0.39 is 23.7 Å². The highest BCUT2D eigenvalue weighted by molar-refractivity contribution is 5.94. The molecule has 2 aliphatic rings. The quantitative estimate of drug-likeness (QED) is 0.903. The van der Waals surface area contributed by atoms with E-state index in [-0.39, 0.29) is 18.8 Å². The molecule has 7 heteroatoms. The van der Waals surface area contributed by atoms with Gasteiger partial charge in [-0.25, -0.2) is 0 Å². The second-order valence-electron chi connectivity index (χ2n) is 6.82. The molecular formula is C18H21F3N2O2. The van der Waals surface area contributed by atoms with Crippen molar-refractivity contribution < 1.29 is 23.1 Å². The maximum absolute atomic E-state index is 13.7. The Morgan fingerprint density at radius 2 is 2.00 bits per heavy atom. The smallest absolute Gasteiger partial charge is 0.362 e. The minimum atomic E-state index is -4.96. The number of halogens is 3. The number of aryl methyl sites for hydroxylation is 1. The molecule has 136 valence electrons. The second kappa shape index (κ2) is 6.44. The summed E-state index contributed by atoms with van der Waals surface area (Å²) in [4.78, 5) is 12.5. The van der Waals surface area contributed by atoms with Crippen LogP contribution in [-0.4, -0.2) is 33.6 Å². The van der Waals surface area contributed by atoms with Crippen molar-refractivity contribution >= 4 is 11.6 Å². The Labute approximate surface area is 144 Å². The van der Waals surface area contributed by atoms with Gasteiger partial charge in [-0.2, -0.15) is 23.3 Å². The minimum Gasteiger partial charge on any atom is -0.362 e. The summed E-state index contributed by atoms with van der Waals surface area (Å²) in [7, 11) is 0. The van der Waals surface area contributed by atoms with Crippen molar-refractivity contribution in [1.82, 2.24) is 5.01 Å². The molecule has 1 N–H and O–H groups in total. The largest absolute Gasteiger partial charge is 0.439 e. The molecule has 25 heavy (non-hydrogen) atoms. The van der Waals surface area contributed by atoms with E-state index in [4.69, 9.17) is 0 Å². The fraction of sp³-hybridized carbons (Fsp3) is 0.556. The normalized spacial score (nSPS) is 29.3. The lowest BCUT2D eigenvalue weighted by Crippen LogP contribution is -2.61. The summed E-state index contributed by atoms with van der Waals surface area (Å²) in [5.74, 6) is -2.14. The molecule has 0 spiro atoms. The highest BCUT2D eigenvalue weighted by Crippen LogP contribution is 2.49. The number of aliphatic hydroxyl groups is 1. The third kappa shape index (κ3) is 3.05. The summed E-state index contributed by atoms with van der Waals surface area (Å²) in [6, 6.07) is 9.05. The van der Waals surface area contributed by atoms with Crippen LogP contribution in [0.4, 0.5) is 13.2 Å². The molecule has 0 saturated heterocycles. The zero-order valence-corrected chi connectivity index (χ0v) is 14.0. The van der Waals surface area contributed by atoms with Gasteiger partial charge in [0.1, 0.15) is 0 Å². The van der Waals surface area contributed by atoms with Crippen LogP contribution < -0.4 is 0 Å². The Kier molecular flexibility index (Phi) is 4.62. The first-order valence-corrected chi connectivity index (χ1v) is 8.49. The van der Waals surface area contributed by atoms with E-state index in [0.717, 1.165) is 12.0 Å². The van der Waals surface area contributed by atoms with Crippen LogP contribution in [0.5, 0.6) is 0 Å². The van der Waals surface area contributed by atoms with Gasteiger partial charge in [0.05, 0.1) is 5.92 Å². The van der Waals surface area contributed by atoms with Crippen molar-refractivity contribution in [2.24, 2.45) is 16.9 Å². The maximum Gasteiger partial charge on any atom is 0.439 e. The zero-order valence-electron chi connectivity index (χ0n) is 14.0. The number of fused-ring (bicyclic) bond motifs is 1. The van der Waals surface area contributed by atoms with Gasteiger partial charge >= 0.3 is 6.18 Å². The van der Waals surface area contributed by atoms with E-state index in [1.165, 1.54) is 0 Å². The summed E-state index contributed by atoms with van der Waals surface area (Å²) in [5.41, 5.74) is -2.09. The topological polar surface area (TPSA) is 52.9 Å². The fourth-order valence-electron chi connectivity index (χ4n) is 3.75. The van der Waals surface area contributed by atoms with E-state index in [0.29, 0.717) is 23.6 Å². The summed E-state index contributed by atoms with van der Waals surface area (Å²) in [5, 5.41) is 14.8. The van der Waals surface area contributed by atoms with Gasteiger partial charge in [0.25, 0.3) is 5.72 Å². The Hall–Kier alpha value is -1.89. The van der Waals surface area contributed by atoms with Crippen LogP contribution in [-0.2, 0) is 11.2 Å². The summed E-state index contributed by atoms with van der Waals surface area (Å²) in [6.45, 7) is 1.79. The highest BCUT2D eigenvalue weighted by atomic mass is 19.4. The van der Waals surface area contributed by atoms with E-state index in [9.17, 15) is 23.1 Å². The average molecular weight is 354 g/mol. The van der Waals surface area contributed by atoms with E-state index >= 15 is 0 Å². The molecule has 1 heterocycles. The van der Waals surface area contributed by atoms with Gasteiger partial charge < -0.3 is 5.11 Å². The molecule has 0 radical (unpaired) electrons. The number of hydrogen-bond donors (Lipinski definition) is 1. The lowest BCUT2D eigenvalue weighted by molar-refractivity contribution is -0.317. The minimum absolute atomic E-state index is 0.139. The van der Waals surface area contributed by atoms with Crippen molar-refractivity contribution in [2.45, 2.75) is 50.9 Å². The van der Waals surface area contributed by atoms with Crippen LogP contribution in [0, 0.1) is 11.8 Å². The van der Waals surface area contributed by atoms with Crippen LogP contribution in [0.15, 0.2) is 35.4 Å². The van der Waals surface area contributed by atoms with Gasteiger partial charge in [0.2, 0.25) is 5.91 Å². The predicted octanol–water partition coefficient (Wildman–Crippen LogP) is 3.50. The summed E-state index contributed by atoms with van der Waals surface area (Å²) >= 11 is 0. The van der Waals surface area contributed by atoms with Crippen molar-refractivity contribution in [3.8, 4) is 0 Å². The van der Waals surface area contributed by atoms with Crippen LogP contribution in [0.3, 0.4) is 0 Å². The Balaban J connectivity index is 1.85. The second-order valence-corrected chi connectivity index (χ2v) is 6.82. The number of carbonyl (C=O) groups excluding carboxylic acids is 1. The molecule has 1 saturated carbocycles. The molecule has 1 aliphatic heterocycles. The molecule has 0 unspecified atom stereocenters. The third-order valence-corrected chi connectivity index (χ3v) is 5.14. The van der Waals surface area contributed by atoms with Crippen LogP contribution >= 0.6 is 0 Å². The van der Waals surface area contributed by atoms with Crippen LogP contribution in [0.1, 0.15) is 38.2 Å². The molecule has 3 atom stereocenters. The number of hydrazone groups is 1. The lowest BCUT2D eigenvalue weighted by atomic mass is 9.75. The lowest BCUT2D eigenvalue weighted by Gasteiger charge is -2.39. The number of rotatable bonds is 3. The third-order valence-electron chi connectivity index (χ3n) is 5.14. The van der Waals surface area contributed by atoms with Crippen molar-refractivity contribution in [2.75, 3.05) is 0 Å². The van der Waals surface area contributed by atoms with Crippen molar-refractivity contribution in [1.29, 1.82) is 0 Å². The van der Waals surface area contributed by atoms with E-state index in [1.54, 1.807) is 31.2 Å². The number of alkyl halides is 3. The number of benzene rings is 1. The van der Waals surface area contributed by atoms with Crippen LogP contribution in [0.2, 0.25) is 0 Å². The molecule has 1 fully saturated rings. The molecule has 1 aromatic carbocycles. The first-order chi connectivity index (χ1) is 11.7. The number of nitrogens with zero attached hydrogens (tertiary/aromatic N) is 2. The van der Waals surface area contributed by atoms with E-state index in [2.05, 4.69) is 5.10 Å². The van der Waals surface area contributed by atoms with Gasteiger partial charge in [-0.1, -0.05) is 43.7 Å². The predicted molar refractivity (Wildman–Crippen MR) is 86.6 cm³/mol.